The molecule has 0 bridgehead atoms. The van der Waals surface area contributed by atoms with Crippen molar-refractivity contribution in [1.82, 2.24) is 15.1 Å². The Morgan fingerprint density at radius 1 is 1.22 bits per heavy atom. The quantitative estimate of drug-likeness (QED) is 0.763. The highest BCUT2D eigenvalue weighted by atomic mass is 19.1. The third-order valence-electron chi connectivity index (χ3n) is 4.28. The highest BCUT2D eigenvalue weighted by Crippen LogP contribution is 2.31. The summed E-state index contributed by atoms with van der Waals surface area (Å²) in [5.74, 6) is -0.748. The molecule has 0 fully saturated rings. The number of amides is 1. The number of para-hydroxylation sites is 1. The fourth-order valence-corrected chi connectivity index (χ4v) is 2.98. The summed E-state index contributed by atoms with van der Waals surface area (Å²) in [5.41, 5.74) is 1.35. The Hall–Kier alpha value is -3.42. The van der Waals surface area contributed by atoms with Crippen molar-refractivity contribution in [3.8, 4) is 17.2 Å². The van der Waals surface area contributed by atoms with Gasteiger partial charge in [-0.1, -0.05) is 18.2 Å². The molecule has 1 N–H and O–H groups in total. The smallest absolute Gasteiger partial charge is 0.437 e. The van der Waals surface area contributed by atoms with Crippen LogP contribution in [0, 0.1) is 5.82 Å². The zero-order valence-corrected chi connectivity index (χ0v) is 14.2. The number of fused-ring (bicyclic) bond motifs is 1. The number of carbonyl (C=O) groups excluding carboxylic acids is 1. The summed E-state index contributed by atoms with van der Waals surface area (Å²) in [5, 5.41) is 6.91. The molecule has 1 amide bonds. The van der Waals surface area contributed by atoms with Crippen LogP contribution in [0.15, 0.2) is 57.7 Å². The molecule has 8 heteroatoms. The number of nitrogens with zero attached hydrogens (tertiary/aromatic N) is 2. The maximum Gasteiger partial charge on any atom is 0.437 e. The summed E-state index contributed by atoms with van der Waals surface area (Å²) in [6, 6.07) is 12.7. The second kappa shape index (κ2) is 7.06. The molecule has 1 atom stereocenters. The minimum absolute atomic E-state index is 0.0317. The number of aromatic nitrogens is 2. The molecule has 27 heavy (non-hydrogen) atoms. The molecular weight excluding hydrogens is 353 g/mol. The van der Waals surface area contributed by atoms with Crippen LogP contribution in [-0.2, 0) is 11.3 Å². The predicted molar refractivity (Wildman–Crippen MR) is 93.6 cm³/mol. The van der Waals surface area contributed by atoms with Crippen molar-refractivity contribution in [1.29, 1.82) is 0 Å². The summed E-state index contributed by atoms with van der Waals surface area (Å²) in [4.78, 5) is 24.4. The summed E-state index contributed by atoms with van der Waals surface area (Å²) in [6.45, 7) is 0.226. The normalized spacial score (nSPS) is 15.7. The van der Waals surface area contributed by atoms with Crippen molar-refractivity contribution >= 4 is 5.91 Å². The van der Waals surface area contributed by atoms with E-state index in [1.807, 2.05) is 24.3 Å². The predicted octanol–water partition coefficient (Wildman–Crippen LogP) is 2.28. The van der Waals surface area contributed by atoms with E-state index in [4.69, 9.17) is 9.15 Å². The number of halogens is 1. The monoisotopic (exact) mass is 369 g/mol. The standard InChI is InChI=1S/C19H16FN3O4/c20-13-7-5-12(6-8-13)18-22-23(19(25)27-18)11-17(24)21-15-9-10-26-16-4-2-1-3-14(15)16/h1-8,15H,9-11H2,(H,21,24)/t15-/m1/s1. The van der Waals surface area contributed by atoms with Crippen molar-refractivity contribution in [3.05, 3.63) is 70.5 Å². The van der Waals surface area contributed by atoms with Crippen LogP contribution in [0.25, 0.3) is 11.5 Å². The number of hydrogen-bond acceptors (Lipinski definition) is 5. The van der Waals surface area contributed by atoms with Gasteiger partial charge >= 0.3 is 5.76 Å². The van der Waals surface area contributed by atoms with Crippen LogP contribution in [0.3, 0.4) is 0 Å². The third-order valence-corrected chi connectivity index (χ3v) is 4.28. The lowest BCUT2D eigenvalue weighted by Gasteiger charge is -2.26. The SMILES string of the molecule is O=C(Cn1nc(-c2ccc(F)cc2)oc1=O)N[C@@H]1CCOc2ccccc21. The van der Waals surface area contributed by atoms with E-state index in [-0.39, 0.29) is 24.4 Å². The van der Waals surface area contributed by atoms with Crippen LogP contribution in [0.2, 0.25) is 0 Å². The lowest BCUT2D eigenvalue weighted by molar-refractivity contribution is -0.122. The molecular formula is C19H16FN3O4. The highest BCUT2D eigenvalue weighted by molar-refractivity contribution is 5.76. The van der Waals surface area contributed by atoms with E-state index in [1.165, 1.54) is 24.3 Å². The second-order valence-corrected chi connectivity index (χ2v) is 6.13. The molecule has 138 valence electrons. The molecule has 0 aliphatic carbocycles. The number of benzene rings is 2. The van der Waals surface area contributed by atoms with Gasteiger partial charge in [0.1, 0.15) is 18.1 Å². The van der Waals surface area contributed by atoms with Crippen LogP contribution >= 0.6 is 0 Å². The first-order valence-electron chi connectivity index (χ1n) is 8.45. The maximum absolute atomic E-state index is 13.0. The van der Waals surface area contributed by atoms with Crippen LogP contribution in [0.5, 0.6) is 5.75 Å². The first-order valence-corrected chi connectivity index (χ1v) is 8.45. The molecule has 0 saturated heterocycles. The molecule has 1 aliphatic heterocycles. The molecule has 0 saturated carbocycles. The first-order chi connectivity index (χ1) is 13.1. The van der Waals surface area contributed by atoms with Crippen molar-refractivity contribution < 1.29 is 18.3 Å². The Morgan fingerprint density at radius 3 is 2.81 bits per heavy atom. The average Bonchev–Trinajstić information content (AvgIpc) is 3.03. The van der Waals surface area contributed by atoms with Gasteiger partial charge in [0.25, 0.3) is 0 Å². The van der Waals surface area contributed by atoms with Gasteiger partial charge in [-0.15, -0.1) is 5.10 Å². The topological polar surface area (TPSA) is 86.4 Å². The molecule has 1 aromatic heterocycles. The van der Waals surface area contributed by atoms with Crippen LogP contribution in [0.1, 0.15) is 18.0 Å². The number of carbonyl (C=O) groups is 1. The highest BCUT2D eigenvalue weighted by Gasteiger charge is 2.23. The Kier molecular flexibility index (Phi) is 4.45. The summed E-state index contributed by atoms with van der Waals surface area (Å²) < 4.78 is 24.6. The molecule has 2 aromatic carbocycles. The maximum atomic E-state index is 13.0. The van der Waals surface area contributed by atoms with Crippen molar-refractivity contribution in [2.24, 2.45) is 0 Å². The lowest BCUT2D eigenvalue weighted by atomic mass is 10.0. The van der Waals surface area contributed by atoms with Gasteiger partial charge in [-0.3, -0.25) is 4.79 Å². The number of rotatable bonds is 4. The molecule has 0 spiro atoms. The van der Waals surface area contributed by atoms with Gasteiger partial charge in [0.05, 0.1) is 12.6 Å². The number of hydrogen-bond donors (Lipinski definition) is 1. The first kappa shape index (κ1) is 17.0. The van der Waals surface area contributed by atoms with Gasteiger partial charge in [-0.05, 0) is 30.3 Å². The zero-order chi connectivity index (χ0) is 18.8. The Balaban J connectivity index is 1.48. The Labute approximate surface area is 153 Å². The summed E-state index contributed by atoms with van der Waals surface area (Å²) in [6.07, 6.45) is 0.636. The summed E-state index contributed by atoms with van der Waals surface area (Å²) in [7, 11) is 0. The van der Waals surface area contributed by atoms with Gasteiger partial charge in [0, 0.05) is 17.5 Å². The Morgan fingerprint density at radius 2 is 2.00 bits per heavy atom. The number of ether oxygens (including phenoxy) is 1. The minimum Gasteiger partial charge on any atom is -0.493 e. The van der Waals surface area contributed by atoms with Gasteiger partial charge in [-0.25, -0.2) is 9.18 Å². The average molecular weight is 369 g/mol. The van der Waals surface area contributed by atoms with E-state index in [2.05, 4.69) is 10.4 Å². The molecule has 0 radical (unpaired) electrons. The van der Waals surface area contributed by atoms with Crippen molar-refractivity contribution in [2.45, 2.75) is 19.0 Å². The molecule has 3 aromatic rings. The van der Waals surface area contributed by atoms with Crippen LogP contribution in [0.4, 0.5) is 4.39 Å². The third kappa shape index (κ3) is 3.59. The van der Waals surface area contributed by atoms with Crippen LogP contribution < -0.4 is 15.8 Å². The van der Waals surface area contributed by atoms with E-state index in [0.717, 1.165) is 16.0 Å². The fourth-order valence-electron chi connectivity index (χ4n) is 2.98. The zero-order valence-electron chi connectivity index (χ0n) is 14.2. The van der Waals surface area contributed by atoms with Crippen LogP contribution in [-0.4, -0.2) is 22.3 Å². The molecule has 4 rings (SSSR count). The van der Waals surface area contributed by atoms with Crippen molar-refractivity contribution in [3.63, 3.8) is 0 Å². The molecule has 1 aliphatic rings. The lowest BCUT2D eigenvalue weighted by Crippen LogP contribution is -2.36. The largest absolute Gasteiger partial charge is 0.493 e. The fraction of sp³-hybridized carbons (Fsp3) is 0.211. The van der Waals surface area contributed by atoms with Gasteiger partial charge < -0.3 is 14.5 Å². The van der Waals surface area contributed by atoms with E-state index in [0.29, 0.717) is 18.6 Å². The van der Waals surface area contributed by atoms with E-state index < -0.39 is 11.6 Å². The Bertz CT molecular complexity index is 1030. The van der Waals surface area contributed by atoms with E-state index in [9.17, 15) is 14.0 Å². The molecule has 0 unspecified atom stereocenters. The summed E-state index contributed by atoms with van der Waals surface area (Å²) >= 11 is 0. The van der Waals surface area contributed by atoms with E-state index in [1.54, 1.807) is 0 Å². The number of nitrogens with one attached hydrogen (secondary N) is 1. The van der Waals surface area contributed by atoms with Gasteiger partial charge in [-0.2, -0.15) is 4.68 Å². The molecule has 2 heterocycles. The molecule has 7 nitrogen and oxygen atoms in total. The second-order valence-electron chi connectivity index (χ2n) is 6.13. The van der Waals surface area contributed by atoms with Gasteiger partial charge in [0.15, 0.2) is 0 Å². The van der Waals surface area contributed by atoms with E-state index >= 15 is 0 Å². The van der Waals surface area contributed by atoms with Gasteiger partial charge in [0.2, 0.25) is 11.8 Å². The van der Waals surface area contributed by atoms with Crippen molar-refractivity contribution in [2.75, 3.05) is 6.61 Å². The minimum atomic E-state index is -0.753.